The highest BCUT2D eigenvalue weighted by Gasteiger charge is 2.42. The first-order valence-electron chi connectivity index (χ1n) is 14.9. The lowest BCUT2D eigenvalue weighted by molar-refractivity contribution is -0.00149. The van der Waals surface area contributed by atoms with Gasteiger partial charge in [-0.25, -0.2) is 14.8 Å². The molecule has 4 atom stereocenters. The quantitative estimate of drug-likeness (QED) is 0.366. The zero-order valence-corrected chi connectivity index (χ0v) is 24.0. The highest BCUT2D eigenvalue weighted by atomic mass is 16.5. The topological polar surface area (TPSA) is 80.2 Å². The first-order valence-corrected chi connectivity index (χ1v) is 14.9. The molecule has 1 amide bonds. The van der Waals surface area contributed by atoms with Crippen LogP contribution in [0.2, 0.25) is 0 Å². The smallest absolute Gasteiger partial charge is 0.411 e. The summed E-state index contributed by atoms with van der Waals surface area (Å²) in [7, 11) is 0. The Bertz CT molecular complexity index is 1310. The fourth-order valence-corrected chi connectivity index (χ4v) is 6.76. The van der Waals surface area contributed by atoms with Gasteiger partial charge in [0, 0.05) is 59.5 Å². The average Bonchev–Trinajstić information content (AvgIpc) is 3.52. The molecule has 7 heteroatoms. The molecule has 1 unspecified atom stereocenters. The van der Waals surface area contributed by atoms with Gasteiger partial charge in [-0.05, 0) is 79.5 Å². The summed E-state index contributed by atoms with van der Waals surface area (Å²) in [4.78, 5) is 29.4. The minimum absolute atomic E-state index is 0.0795. The molecule has 5 heterocycles. The van der Waals surface area contributed by atoms with E-state index in [1.165, 1.54) is 42.6 Å². The second kappa shape index (κ2) is 11.3. The molecule has 2 aromatic heterocycles. The van der Waals surface area contributed by atoms with Crippen LogP contribution in [0.4, 0.5) is 10.5 Å². The molecule has 3 aliphatic heterocycles. The summed E-state index contributed by atoms with van der Waals surface area (Å²) in [5, 5.41) is 2.89. The molecule has 210 valence electrons. The van der Waals surface area contributed by atoms with Crippen LogP contribution in [-0.4, -0.2) is 51.7 Å². The number of hydrogen-bond donors (Lipinski definition) is 1. The zero-order chi connectivity index (χ0) is 27.7. The predicted molar refractivity (Wildman–Crippen MR) is 157 cm³/mol. The maximum Gasteiger partial charge on any atom is 0.411 e. The molecule has 1 aliphatic carbocycles. The Morgan fingerprint density at radius 2 is 1.73 bits per heavy atom. The van der Waals surface area contributed by atoms with Crippen LogP contribution in [0.15, 0.2) is 54.9 Å². The molecule has 0 radical (unpaired) electrons. The number of rotatable bonds is 6. The van der Waals surface area contributed by atoms with E-state index in [4.69, 9.17) is 14.7 Å². The molecule has 0 spiro atoms. The van der Waals surface area contributed by atoms with Gasteiger partial charge >= 0.3 is 6.09 Å². The number of anilines is 1. The first-order chi connectivity index (χ1) is 19.3. The van der Waals surface area contributed by atoms with Gasteiger partial charge in [0.25, 0.3) is 0 Å². The van der Waals surface area contributed by atoms with Gasteiger partial charge in [0.1, 0.15) is 6.61 Å². The van der Waals surface area contributed by atoms with Gasteiger partial charge in [0.15, 0.2) is 5.82 Å². The number of hydrogen-bond acceptors (Lipinski definition) is 6. The third-order valence-corrected chi connectivity index (χ3v) is 9.14. The number of piperidine rings is 3. The van der Waals surface area contributed by atoms with Crippen molar-refractivity contribution in [2.75, 3.05) is 25.0 Å². The van der Waals surface area contributed by atoms with Gasteiger partial charge in [-0.15, -0.1) is 0 Å². The van der Waals surface area contributed by atoms with Crippen molar-refractivity contribution >= 4 is 11.8 Å². The van der Waals surface area contributed by atoms with Gasteiger partial charge in [0.05, 0.1) is 0 Å². The number of ether oxygens (including phenoxy) is 1. The minimum atomic E-state index is -0.387. The molecule has 7 nitrogen and oxygen atoms in total. The number of carbonyl (C=O) groups excluding carboxylic acids is 1. The van der Waals surface area contributed by atoms with Crippen molar-refractivity contribution in [3.05, 3.63) is 71.8 Å². The second-order valence-electron chi connectivity index (χ2n) is 12.8. The molecular formula is C33H41N5O2. The van der Waals surface area contributed by atoms with E-state index in [0.717, 1.165) is 43.0 Å². The van der Waals surface area contributed by atoms with Crippen LogP contribution in [0.5, 0.6) is 0 Å². The lowest BCUT2D eigenvalue weighted by atomic mass is 9.74. The normalized spacial score (nSPS) is 24.7. The van der Waals surface area contributed by atoms with Crippen LogP contribution in [0.25, 0.3) is 11.4 Å². The summed E-state index contributed by atoms with van der Waals surface area (Å²) in [5.74, 6) is 2.27. The highest BCUT2D eigenvalue weighted by molar-refractivity contribution is 5.84. The third kappa shape index (κ3) is 5.90. The second-order valence-corrected chi connectivity index (χ2v) is 12.8. The molecule has 1 N–H and O–H groups in total. The van der Waals surface area contributed by atoms with E-state index in [-0.39, 0.29) is 17.6 Å². The van der Waals surface area contributed by atoms with Gasteiger partial charge < -0.3 is 4.74 Å². The number of carbonyl (C=O) groups is 1. The fraction of sp³-hybridized carbons (Fsp3) is 0.515. The standard InChI is InChI=1S/C33H41N5O2/c1-33(2,3)25-8-10-26(11-9-25)35-32(39)40-21-27-18-24-14-17-38(27)20-28(24)30-19-29(22-6-4-5-7-22)36-31(37-30)23-12-15-34-16-13-23/h8-13,15-16,19,22,24,27-28H,4-7,14,17-18,20-21H2,1-3H3,(H,35,39)/t24-,27+,28-/m0/s1. The monoisotopic (exact) mass is 539 g/mol. The first kappa shape index (κ1) is 26.9. The highest BCUT2D eigenvalue weighted by Crippen LogP contribution is 2.43. The third-order valence-electron chi connectivity index (χ3n) is 9.14. The summed E-state index contributed by atoms with van der Waals surface area (Å²) in [6, 6.07) is 14.6. The maximum absolute atomic E-state index is 12.6. The van der Waals surface area contributed by atoms with Crippen LogP contribution >= 0.6 is 0 Å². The molecule has 1 aromatic carbocycles. The lowest BCUT2D eigenvalue weighted by Crippen LogP contribution is -2.54. The molecule has 40 heavy (non-hydrogen) atoms. The van der Waals surface area contributed by atoms with E-state index in [1.54, 1.807) is 0 Å². The number of nitrogens with one attached hydrogen (secondary N) is 1. The number of benzene rings is 1. The lowest BCUT2D eigenvalue weighted by Gasteiger charge is -2.49. The van der Waals surface area contributed by atoms with Crippen molar-refractivity contribution in [2.24, 2.45) is 5.92 Å². The molecule has 3 aromatic rings. The summed E-state index contributed by atoms with van der Waals surface area (Å²) >= 11 is 0. The number of amides is 1. The van der Waals surface area contributed by atoms with Crippen LogP contribution < -0.4 is 5.32 Å². The van der Waals surface area contributed by atoms with Gasteiger partial charge in [0.2, 0.25) is 0 Å². The van der Waals surface area contributed by atoms with Crippen LogP contribution in [0.3, 0.4) is 0 Å². The van der Waals surface area contributed by atoms with Crippen molar-refractivity contribution in [3.63, 3.8) is 0 Å². The van der Waals surface area contributed by atoms with Crippen molar-refractivity contribution in [1.82, 2.24) is 19.9 Å². The molecule has 7 rings (SSSR count). The van der Waals surface area contributed by atoms with Crippen LogP contribution in [0.1, 0.15) is 88.1 Å². The largest absolute Gasteiger partial charge is 0.448 e. The Labute approximate surface area is 237 Å². The Morgan fingerprint density at radius 3 is 2.40 bits per heavy atom. The molecule has 3 saturated heterocycles. The Balaban J connectivity index is 1.11. The summed E-state index contributed by atoms with van der Waals surface area (Å²) in [5.41, 5.74) is 5.49. The van der Waals surface area contributed by atoms with E-state index in [2.05, 4.69) is 54.2 Å². The van der Waals surface area contributed by atoms with E-state index in [9.17, 15) is 4.79 Å². The number of fused-ring (bicyclic) bond motifs is 3. The molecule has 4 fully saturated rings. The Hall–Kier alpha value is -3.32. The number of aromatic nitrogens is 3. The average molecular weight is 540 g/mol. The predicted octanol–water partition coefficient (Wildman–Crippen LogP) is 6.92. The van der Waals surface area contributed by atoms with Gasteiger partial charge in [-0.1, -0.05) is 45.7 Å². The molecule has 2 bridgehead atoms. The van der Waals surface area contributed by atoms with Crippen molar-refractivity contribution in [3.8, 4) is 11.4 Å². The van der Waals surface area contributed by atoms with Crippen molar-refractivity contribution in [1.29, 1.82) is 0 Å². The SMILES string of the molecule is CC(C)(C)c1ccc(NC(=O)OC[C@H]2C[C@@H]3CCN2C[C@@H]3c2cc(C3CCCC3)nc(-c3ccncc3)n2)cc1. The zero-order valence-electron chi connectivity index (χ0n) is 24.0. The molecule has 4 aliphatic rings. The van der Waals surface area contributed by atoms with Gasteiger partial charge in [-0.3, -0.25) is 15.2 Å². The number of nitrogens with zero attached hydrogens (tertiary/aromatic N) is 4. The van der Waals surface area contributed by atoms with Gasteiger partial charge in [-0.2, -0.15) is 0 Å². The Kier molecular flexibility index (Phi) is 7.58. The maximum atomic E-state index is 12.6. The summed E-state index contributed by atoms with van der Waals surface area (Å²) < 4.78 is 5.72. The Morgan fingerprint density at radius 1 is 1.00 bits per heavy atom. The van der Waals surface area contributed by atoms with Crippen LogP contribution in [0, 0.1) is 5.92 Å². The molecular weight excluding hydrogens is 498 g/mol. The van der Waals surface area contributed by atoms with E-state index >= 15 is 0 Å². The summed E-state index contributed by atoms with van der Waals surface area (Å²) in [6.45, 7) is 8.95. The van der Waals surface area contributed by atoms with Crippen LogP contribution in [-0.2, 0) is 10.2 Å². The van der Waals surface area contributed by atoms with E-state index < -0.39 is 0 Å². The van der Waals surface area contributed by atoms with E-state index in [1.807, 2.05) is 36.7 Å². The molecule has 1 saturated carbocycles. The van der Waals surface area contributed by atoms with E-state index in [0.29, 0.717) is 24.4 Å². The van der Waals surface area contributed by atoms with Crippen molar-refractivity contribution in [2.45, 2.75) is 82.6 Å². The fourth-order valence-electron chi connectivity index (χ4n) is 6.76. The minimum Gasteiger partial charge on any atom is -0.448 e. The van der Waals surface area contributed by atoms with Crippen molar-refractivity contribution < 1.29 is 9.53 Å². The number of pyridine rings is 1. The summed E-state index contributed by atoms with van der Waals surface area (Å²) in [6.07, 6.45) is 10.4.